The van der Waals surface area contributed by atoms with Crippen LogP contribution < -0.4 is 5.73 Å². The van der Waals surface area contributed by atoms with Crippen LogP contribution in [0.5, 0.6) is 0 Å². The van der Waals surface area contributed by atoms with Gasteiger partial charge in [0, 0.05) is 18.6 Å². The second kappa shape index (κ2) is 7.88. The van der Waals surface area contributed by atoms with E-state index < -0.39 is 18.4 Å². The summed E-state index contributed by atoms with van der Waals surface area (Å²) in [5, 5.41) is 0. The Bertz CT molecular complexity index is 488. The molecule has 0 bridgehead atoms. The molecule has 0 aliphatic rings. The number of nitrogens with two attached hydrogens (primary N) is 1. The van der Waals surface area contributed by atoms with Gasteiger partial charge in [-0.05, 0) is 24.1 Å². The van der Waals surface area contributed by atoms with E-state index in [2.05, 4.69) is 11.8 Å². The Balaban J connectivity index is 2.51. The number of halogens is 4. The molecule has 2 nitrogen and oxygen atoms in total. The lowest BCUT2D eigenvalue weighted by molar-refractivity contribution is -0.138. The zero-order valence-electron chi connectivity index (χ0n) is 10.8. The molecule has 1 aromatic carbocycles. The summed E-state index contributed by atoms with van der Waals surface area (Å²) in [6, 6.07) is 4.00. The van der Waals surface area contributed by atoms with Crippen LogP contribution in [0, 0.1) is 17.7 Å². The second-order valence-electron chi connectivity index (χ2n) is 4.08. The molecule has 0 saturated heterocycles. The average molecular weight is 289 g/mol. The molecule has 0 radical (unpaired) electrons. The summed E-state index contributed by atoms with van der Waals surface area (Å²) in [6.45, 7) is 0.218. The molecule has 0 atom stereocenters. The first-order valence-electron chi connectivity index (χ1n) is 6.04. The molecule has 0 amide bonds. The van der Waals surface area contributed by atoms with Crippen LogP contribution in [0.3, 0.4) is 0 Å². The van der Waals surface area contributed by atoms with Gasteiger partial charge in [-0.15, -0.1) is 0 Å². The molecule has 20 heavy (non-hydrogen) atoms. The van der Waals surface area contributed by atoms with Gasteiger partial charge in [0.2, 0.25) is 0 Å². The Hall–Kier alpha value is -1.58. The van der Waals surface area contributed by atoms with Gasteiger partial charge < -0.3 is 10.5 Å². The summed E-state index contributed by atoms with van der Waals surface area (Å²) in [6.07, 6.45) is -5.15. The summed E-state index contributed by atoms with van der Waals surface area (Å²) in [5.74, 6) is 4.87. The molecule has 0 aliphatic carbocycles. The van der Waals surface area contributed by atoms with Gasteiger partial charge in [0.25, 0.3) is 0 Å². The maximum atomic E-state index is 13.1. The van der Waals surface area contributed by atoms with Crippen molar-refractivity contribution in [2.45, 2.75) is 25.6 Å². The Kier molecular flexibility index (Phi) is 6.49. The van der Waals surface area contributed by atoms with Crippen molar-refractivity contribution in [2.24, 2.45) is 5.73 Å². The predicted octanol–water partition coefficient (Wildman–Crippen LogP) is 3.00. The Morgan fingerprint density at radius 3 is 2.65 bits per heavy atom. The molecule has 2 N–H and O–H groups in total. The molecule has 0 heterocycles. The molecule has 1 rings (SSSR count). The number of hydrogen-bond donors (Lipinski definition) is 1. The van der Waals surface area contributed by atoms with E-state index in [0.29, 0.717) is 11.1 Å². The lowest BCUT2D eigenvalue weighted by Gasteiger charge is -2.08. The molecular formula is C14H15F4NO. The maximum absolute atomic E-state index is 13.1. The van der Waals surface area contributed by atoms with Crippen molar-refractivity contribution in [2.75, 3.05) is 13.2 Å². The topological polar surface area (TPSA) is 35.2 Å². The second-order valence-corrected chi connectivity index (χ2v) is 4.08. The molecule has 0 spiro atoms. The van der Waals surface area contributed by atoms with Crippen molar-refractivity contribution in [3.8, 4) is 11.8 Å². The average Bonchev–Trinajstić information content (AvgIpc) is 2.36. The molecule has 0 fully saturated rings. The SMILES string of the molecule is NCC#Cc1cc(F)ccc1COCCCC(F)(F)F. The van der Waals surface area contributed by atoms with Crippen molar-refractivity contribution in [1.29, 1.82) is 0 Å². The van der Waals surface area contributed by atoms with Crippen molar-refractivity contribution < 1.29 is 22.3 Å². The van der Waals surface area contributed by atoms with Gasteiger partial charge in [-0.3, -0.25) is 0 Å². The molecule has 0 saturated carbocycles. The summed E-state index contributed by atoms with van der Waals surface area (Å²) < 4.78 is 54.0. The fourth-order valence-corrected chi connectivity index (χ4v) is 1.49. The highest BCUT2D eigenvalue weighted by atomic mass is 19.4. The number of benzene rings is 1. The zero-order chi connectivity index (χ0) is 15.0. The number of ether oxygens (including phenoxy) is 1. The third-order valence-electron chi connectivity index (χ3n) is 2.40. The highest BCUT2D eigenvalue weighted by Gasteiger charge is 2.25. The van der Waals surface area contributed by atoms with Crippen LogP contribution in [0.15, 0.2) is 18.2 Å². The minimum absolute atomic E-state index is 0.0133. The van der Waals surface area contributed by atoms with E-state index in [4.69, 9.17) is 10.5 Å². The maximum Gasteiger partial charge on any atom is 0.389 e. The minimum Gasteiger partial charge on any atom is -0.377 e. The lowest BCUT2D eigenvalue weighted by Crippen LogP contribution is -2.09. The van der Waals surface area contributed by atoms with Crippen molar-refractivity contribution in [3.05, 3.63) is 35.1 Å². The van der Waals surface area contributed by atoms with E-state index in [1.54, 1.807) is 0 Å². The largest absolute Gasteiger partial charge is 0.389 e. The van der Waals surface area contributed by atoms with Gasteiger partial charge >= 0.3 is 6.18 Å². The summed E-state index contributed by atoms with van der Waals surface area (Å²) in [7, 11) is 0. The van der Waals surface area contributed by atoms with Gasteiger partial charge in [0.1, 0.15) is 5.82 Å². The highest BCUT2D eigenvalue weighted by molar-refractivity contribution is 5.41. The van der Waals surface area contributed by atoms with Gasteiger partial charge in [0.05, 0.1) is 13.2 Å². The monoisotopic (exact) mass is 289 g/mol. The molecule has 0 unspecified atom stereocenters. The summed E-state index contributed by atoms with van der Waals surface area (Å²) >= 11 is 0. The summed E-state index contributed by atoms with van der Waals surface area (Å²) in [5.41, 5.74) is 6.30. The van der Waals surface area contributed by atoms with Crippen molar-refractivity contribution >= 4 is 0 Å². The van der Waals surface area contributed by atoms with E-state index in [9.17, 15) is 17.6 Å². The van der Waals surface area contributed by atoms with Crippen LogP contribution in [0.2, 0.25) is 0 Å². The van der Waals surface area contributed by atoms with Crippen molar-refractivity contribution in [1.82, 2.24) is 0 Å². The number of hydrogen-bond acceptors (Lipinski definition) is 2. The predicted molar refractivity (Wildman–Crippen MR) is 67.3 cm³/mol. The molecule has 6 heteroatoms. The van der Waals surface area contributed by atoms with Crippen LogP contribution in [-0.4, -0.2) is 19.3 Å². The van der Waals surface area contributed by atoms with Gasteiger partial charge in [-0.2, -0.15) is 13.2 Å². The minimum atomic E-state index is -4.17. The van der Waals surface area contributed by atoms with Crippen molar-refractivity contribution in [3.63, 3.8) is 0 Å². The quantitative estimate of drug-likeness (QED) is 0.514. The first-order chi connectivity index (χ1) is 9.42. The third-order valence-corrected chi connectivity index (χ3v) is 2.40. The first-order valence-corrected chi connectivity index (χ1v) is 6.04. The van der Waals surface area contributed by atoms with Gasteiger partial charge in [0.15, 0.2) is 0 Å². The van der Waals surface area contributed by atoms with Crippen LogP contribution in [-0.2, 0) is 11.3 Å². The molecule has 0 aliphatic heterocycles. The van der Waals surface area contributed by atoms with Crippen LogP contribution >= 0.6 is 0 Å². The standard InChI is InChI=1S/C14H15F4NO/c15-13-5-4-12(11(9-13)3-1-7-19)10-20-8-2-6-14(16,17)18/h4-5,9H,2,6-8,10,19H2. The van der Waals surface area contributed by atoms with E-state index in [1.807, 2.05) is 0 Å². The number of rotatable bonds is 5. The smallest absolute Gasteiger partial charge is 0.377 e. The van der Waals surface area contributed by atoms with E-state index in [0.717, 1.165) is 0 Å². The fourth-order valence-electron chi connectivity index (χ4n) is 1.49. The van der Waals surface area contributed by atoms with Crippen LogP contribution in [0.1, 0.15) is 24.0 Å². The molecule has 0 aromatic heterocycles. The molecule has 1 aromatic rings. The van der Waals surface area contributed by atoms with E-state index in [-0.39, 0.29) is 26.2 Å². The Morgan fingerprint density at radius 2 is 2.00 bits per heavy atom. The number of alkyl halides is 3. The first kappa shape index (κ1) is 16.5. The fraction of sp³-hybridized carbons (Fsp3) is 0.429. The zero-order valence-corrected chi connectivity index (χ0v) is 10.8. The van der Waals surface area contributed by atoms with Crippen LogP contribution in [0.25, 0.3) is 0 Å². The molecule has 110 valence electrons. The lowest BCUT2D eigenvalue weighted by atomic mass is 10.1. The third kappa shape index (κ3) is 6.55. The van der Waals surface area contributed by atoms with E-state index in [1.165, 1.54) is 18.2 Å². The van der Waals surface area contributed by atoms with E-state index >= 15 is 0 Å². The van der Waals surface area contributed by atoms with Gasteiger partial charge in [-0.25, -0.2) is 4.39 Å². The normalized spacial score (nSPS) is 11.1. The van der Waals surface area contributed by atoms with Crippen LogP contribution in [0.4, 0.5) is 17.6 Å². The highest BCUT2D eigenvalue weighted by Crippen LogP contribution is 2.21. The van der Waals surface area contributed by atoms with Gasteiger partial charge in [-0.1, -0.05) is 17.9 Å². The Morgan fingerprint density at radius 1 is 1.25 bits per heavy atom. The Labute approximate surface area is 114 Å². The summed E-state index contributed by atoms with van der Waals surface area (Å²) in [4.78, 5) is 0. The molecular weight excluding hydrogens is 274 g/mol.